The molecule has 1 aromatic rings. The van der Waals surface area contributed by atoms with Crippen molar-refractivity contribution in [3.63, 3.8) is 0 Å². The highest BCUT2D eigenvalue weighted by Crippen LogP contribution is 2.29. The van der Waals surface area contributed by atoms with Gasteiger partial charge in [0, 0.05) is 6.04 Å². The van der Waals surface area contributed by atoms with Gasteiger partial charge in [-0.1, -0.05) is 12.1 Å². The number of anilines is 2. The maximum atomic E-state index is 12.2. The van der Waals surface area contributed by atoms with Crippen molar-refractivity contribution in [3.8, 4) is 0 Å². The number of carbonyl (C=O) groups is 2. The van der Waals surface area contributed by atoms with Gasteiger partial charge in [-0.25, -0.2) is 4.79 Å². The van der Waals surface area contributed by atoms with Gasteiger partial charge in [-0.15, -0.1) is 0 Å². The molecule has 126 valence electrons. The quantitative estimate of drug-likeness (QED) is 0.723. The van der Waals surface area contributed by atoms with Crippen molar-refractivity contribution < 1.29 is 14.3 Å². The predicted octanol–water partition coefficient (Wildman–Crippen LogP) is 2.97. The molecule has 6 heteroatoms. The monoisotopic (exact) mass is 319 g/mol. The molecule has 0 spiro atoms. The van der Waals surface area contributed by atoms with Crippen LogP contribution >= 0.6 is 0 Å². The molecule has 1 fully saturated rings. The molecule has 0 aliphatic heterocycles. The summed E-state index contributed by atoms with van der Waals surface area (Å²) < 4.78 is 5.56. The second-order valence-corrected chi connectivity index (χ2v) is 6.21. The lowest BCUT2D eigenvalue weighted by Crippen LogP contribution is -2.34. The van der Waals surface area contributed by atoms with Crippen LogP contribution in [0.15, 0.2) is 24.3 Å². The molecule has 23 heavy (non-hydrogen) atoms. The smallest absolute Gasteiger partial charge is 0.319 e. The van der Waals surface area contributed by atoms with Crippen LogP contribution in [0.2, 0.25) is 0 Å². The Morgan fingerprint density at radius 1 is 1.13 bits per heavy atom. The van der Waals surface area contributed by atoms with Crippen LogP contribution in [-0.4, -0.2) is 30.7 Å². The van der Waals surface area contributed by atoms with E-state index in [1.807, 2.05) is 13.8 Å². The van der Waals surface area contributed by atoms with Crippen LogP contribution in [0.4, 0.5) is 16.2 Å². The largest absolute Gasteiger partial charge is 0.368 e. The van der Waals surface area contributed by atoms with Gasteiger partial charge in [-0.3, -0.25) is 4.79 Å². The van der Waals surface area contributed by atoms with E-state index in [1.54, 1.807) is 31.2 Å². The molecule has 2 rings (SSSR count). The van der Waals surface area contributed by atoms with Gasteiger partial charge < -0.3 is 20.7 Å². The van der Waals surface area contributed by atoms with E-state index in [2.05, 4.69) is 16.0 Å². The second kappa shape index (κ2) is 7.97. The summed E-state index contributed by atoms with van der Waals surface area (Å²) in [5.41, 5.74) is 1.10. The molecule has 1 unspecified atom stereocenters. The molecule has 3 amide bonds. The molecular weight excluding hydrogens is 294 g/mol. The van der Waals surface area contributed by atoms with Gasteiger partial charge in [0.25, 0.3) is 5.91 Å². The summed E-state index contributed by atoms with van der Waals surface area (Å²) in [5.74, 6) is 0.392. The van der Waals surface area contributed by atoms with Crippen molar-refractivity contribution in [1.82, 2.24) is 5.32 Å². The number of hydrogen-bond donors (Lipinski definition) is 3. The molecule has 1 aromatic carbocycles. The summed E-state index contributed by atoms with van der Waals surface area (Å²) in [5, 5.41) is 8.29. The van der Waals surface area contributed by atoms with Crippen LogP contribution in [-0.2, 0) is 9.53 Å². The van der Waals surface area contributed by atoms with Crippen LogP contribution in [0.1, 0.15) is 33.6 Å². The molecule has 0 bridgehead atoms. The molecule has 1 aliphatic rings. The van der Waals surface area contributed by atoms with E-state index in [9.17, 15) is 9.59 Å². The topological polar surface area (TPSA) is 79.5 Å². The van der Waals surface area contributed by atoms with Crippen molar-refractivity contribution in [3.05, 3.63) is 24.3 Å². The standard InChI is InChI=1S/C17H25N3O3/c1-11(2)18-17(22)20-15-7-5-4-6-14(15)19-16(21)12(3)23-10-13-8-9-13/h4-7,11-13H,8-10H2,1-3H3,(H,19,21)(H2,18,20,22). The van der Waals surface area contributed by atoms with Crippen molar-refractivity contribution in [1.29, 1.82) is 0 Å². The van der Waals surface area contributed by atoms with Crippen molar-refractivity contribution in [2.24, 2.45) is 5.92 Å². The zero-order valence-corrected chi connectivity index (χ0v) is 13.9. The van der Waals surface area contributed by atoms with Crippen LogP contribution in [0.5, 0.6) is 0 Å². The minimum Gasteiger partial charge on any atom is -0.368 e. The average Bonchev–Trinajstić information content (AvgIpc) is 3.30. The number of para-hydroxylation sites is 2. The van der Waals surface area contributed by atoms with Gasteiger partial charge in [0.1, 0.15) is 6.10 Å². The number of benzene rings is 1. The Hall–Kier alpha value is -2.08. The van der Waals surface area contributed by atoms with Crippen molar-refractivity contribution in [2.45, 2.75) is 45.8 Å². The van der Waals surface area contributed by atoms with Crippen LogP contribution < -0.4 is 16.0 Å². The fraction of sp³-hybridized carbons (Fsp3) is 0.529. The minimum absolute atomic E-state index is 0.0348. The first kappa shape index (κ1) is 17.3. The number of rotatable bonds is 7. The second-order valence-electron chi connectivity index (χ2n) is 6.21. The van der Waals surface area contributed by atoms with Crippen molar-refractivity contribution in [2.75, 3.05) is 17.2 Å². The summed E-state index contributed by atoms with van der Waals surface area (Å²) in [6, 6.07) is 6.82. The SMILES string of the molecule is CC(C)NC(=O)Nc1ccccc1NC(=O)C(C)OCC1CC1. The molecule has 0 aromatic heterocycles. The maximum Gasteiger partial charge on any atom is 0.319 e. The third-order valence-electron chi connectivity index (χ3n) is 3.50. The lowest BCUT2D eigenvalue weighted by molar-refractivity contribution is -0.126. The molecule has 1 saturated carbocycles. The third kappa shape index (κ3) is 5.90. The molecule has 3 N–H and O–H groups in total. The van der Waals surface area contributed by atoms with E-state index >= 15 is 0 Å². The summed E-state index contributed by atoms with van der Waals surface area (Å²) >= 11 is 0. The number of nitrogens with one attached hydrogen (secondary N) is 3. The van der Waals surface area contributed by atoms with Crippen LogP contribution in [0.3, 0.4) is 0 Å². The zero-order valence-electron chi connectivity index (χ0n) is 13.9. The van der Waals surface area contributed by atoms with E-state index in [1.165, 1.54) is 12.8 Å². The lowest BCUT2D eigenvalue weighted by atomic mass is 10.2. The summed E-state index contributed by atoms with van der Waals surface area (Å²) in [6.07, 6.45) is 1.85. The Morgan fingerprint density at radius 3 is 2.30 bits per heavy atom. The van der Waals surface area contributed by atoms with Crippen molar-refractivity contribution >= 4 is 23.3 Å². The normalized spacial score (nSPS) is 15.1. The first-order valence-electron chi connectivity index (χ1n) is 8.04. The van der Waals surface area contributed by atoms with Gasteiger partial charge in [0.15, 0.2) is 0 Å². The summed E-state index contributed by atoms with van der Waals surface area (Å²) in [7, 11) is 0. The number of hydrogen-bond acceptors (Lipinski definition) is 3. The number of amides is 3. The molecule has 0 radical (unpaired) electrons. The Balaban J connectivity index is 1.92. The van der Waals surface area contributed by atoms with E-state index in [-0.39, 0.29) is 18.0 Å². The Labute approximate surface area is 137 Å². The zero-order chi connectivity index (χ0) is 16.8. The lowest BCUT2D eigenvalue weighted by Gasteiger charge is -2.16. The average molecular weight is 319 g/mol. The van der Waals surface area contributed by atoms with E-state index in [0.29, 0.717) is 23.9 Å². The molecule has 6 nitrogen and oxygen atoms in total. The highest BCUT2D eigenvalue weighted by atomic mass is 16.5. The number of urea groups is 1. The minimum atomic E-state index is -0.520. The molecular formula is C17H25N3O3. The summed E-state index contributed by atoms with van der Waals surface area (Å²) in [6.45, 7) is 6.13. The predicted molar refractivity (Wildman–Crippen MR) is 90.5 cm³/mol. The first-order chi connectivity index (χ1) is 11.0. The van der Waals surface area contributed by atoms with Crippen LogP contribution in [0, 0.1) is 5.92 Å². The molecule has 0 saturated heterocycles. The fourth-order valence-corrected chi connectivity index (χ4v) is 2.00. The van der Waals surface area contributed by atoms with E-state index in [0.717, 1.165) is 0 Å². The maximum absolute atomic E-state index is 12.2. The Morgan fingerprint density at radius 2 is 1.74 bits per heavy atom. The highest BCUT2D eigenvalue weighted by Gasteiger charge is 2.24. The Bertz CT molecular complexity index is 556. The number of ether oxygens (including phenoxy) is 1. The number of carbonyl (C=O) groups excluding carboxylic acids is 2. The van der Waals surface area contributed by atoms with Crippen LogP contribution in [0.25, 0.3) is 0 Å². The van der Waals surface area contributed by atoms with Gasteiger partial charge >= 0.3 is 6.03 Å². The van der Waals surface area contributed by atoms with Gasteiger partial charge in [0.2, 0.25) is 0 Å². The van der Waals surface area contributed by atoms with E-state index < -0.39 is 6.10 Å². The van der Waals surface area contributed by atoms with Gasteiger partial charge in [-0.05, 0) is 51.7 Å². The molecule has 1 aliphatic carbocycles. The molecule has 0 heterocycles. The summed E-state index contributed by atoms with van der Waals surface area (Å²) in [4.78, 5) is 24.0. The third-order valence-corrected chi connectivity index (χ3v) is 3.50. The van der Waals surface area contributed by atoms with E-state index in [4.69, 9.17) is 4.74 Å². The van der Waals surface area contributed by atoms with Gasteiger partial charge in [-0.2, -0.15) is 0 Å². The highest BCUT2D eigenvalue weighted by molar-refractivity contribution is 6.00. The van der Waals surface area contributed by atoms with Gasteiger partial charge in [0.05, 0.1) is 18.0 Å². The fourth-order valence-electron chi connectivity index (χ4n) is 2.00. The Kier molecular flexibility index (Phi) is 5.98. The first-order valence-corrected chi connectivity index (χ1v) is 8.04. The molecule has 1 atom stereocenters.